The maximum atomic E-state index is 6.37. The van der Waals surface area contributed by atoms with Crippen molar-refractivity contribution in [1.82, 2.24) is 4.98 Å². The number of rotatable bonds is 1. The minimum atomic E-state index is -0.309. The van der Waals surface area contributed by atoms with Gasteiger partial charge in [-0.05, 0) is 41.8 Å². The topological polar surface area (TPSA) is 56.2 Å². The number of aliphatic imine (C=N–C) groups is 1. The average Bonchev–Trinajstić information content (AvgIpc) is 3.38. The zero-order valence-corrected chi connectivity index (χ0v) is 17.0. The summed E-state index contributed by atoms with van der Waals surface area (Å²) in [4.78, 5) is 12.1. The first-order valence-corrected chi connectivity index (χ1v) is 10.7. The standard InChI is InChI=1S/C25H21N3O3/c1-2-7-19-17(5-1)25(24-27-14-20(28(19)24)18-6-3-4-8-26-18)13-16-11-22-23(30-10-9-29-22)12-21(16)31-15-25/h1-8,11-12,20H,9-10,13-15H2. The van der Waals surface area contributed by atoms with Gasteiger partial charge in [0.05, 0.1) is 23.7 Å². The highest BCUT2D eigenvalue weighted by atomic mass is 16.6. The van der Waals surface area contributed by atoms with Gasteiger partial charge in [-0.1, -0.05) is 24.3 Å². The van der Waals surface area contributed by atoms with E-state index in [0.717, 1.165) is 40.8 Å². The van der Waals surface area contributed by atoms with Crippen molar-refractivity contribution in [2.24, 2.45) is 4.99 Å². The van der Waals surface area contributed by atoms with Crippen LogP contribution in [-0.2, 0) is 11.8 Å². The van der Waals surface area contributed by atoms with E-state index in [2.05, 4.69) is 46.3 Å². The van der Waals surface area contributed by atoms with Crippen molar-refractivity contribution in [1.29, 1.82) is 0 Å². The maximum absolute atomic E-state index is 6.37. The lowest BCUT2D eigenvalue weighted by Crippen LogP contribution is -2.47. The summed E-state index contributed by atoms with van der Waals surface area (Å²) in [5, 5.41) is 0. The Hall–Kier alpha value is -3.54. The van der Waals surface area contributed by atoms with Crippen molar-refractivity contribution in [3.05, 3.63) is 77.6 Å². The number of amidine groups is 1. The van der Waals surface area contributed by atoms with Crippen molar-refractivity contribution in [3.63, 3.8) is 0 Å². The molecule has 7 rings (SSSR count). The highest BCUT2D eigenvalue weighted by Gasteiger charge is 2.55. The molecule has 5 heterocycles. The van der Waals surface area contributed by atoms with Gasteiger partial charge in [0, 0.05) is 18.0 Å². The molecule has 2 unspecified atom stereocenters. The summed E-state index contributed by atoms with van der Waals surface area (Å²) in [6.45, 7) is 2.41. The van der Waals surface area contributed by atoms with Crippen LogP contribution in [0.15, 0.2) is 65.8 Å². The number of anilines is 1. The van der Waals surface area contributed by atoms with Gasteiger partial charge in [-0.2, -0.15) is 0 Å². The predicted octanol–water partition coefficient (Wildman–Crippen LogP) is 3.70. The van der Waals surface area contributed by atoms with Crippen molar-refractivity contribution < 1.29 is 14.2 Å². The molecule has 0 aliphatic carbocycles. The van der Waals surface area contributed by atoms with E-state index in [4.69, 9.17) is 19.2 Å². The molecule has 6 heteroatoms. The molecule has 6 nitrogen and oxygen atoms in total. The second-order valence-corrected chi connectivity index (χ2v) is 8.47. The Labute approximate surface area is 180 Å². The first-order chi connectivity index (χ1) is 15.3. The average molecular weight is 411 g/mol. The van der Waals surface area contributed by atoms with Gasteiger partial charge in [0.25, 0.3) is 0 Å². The molecule has 1 aromatic heterocycles. The smallest absolute Gasteiger partial charge is 0.165 e. The monoisotopic (exact) mass is 411 g/mol. The molecule has 0 saturated heterocycles. The minimum absolute atomic E-state index is 0.110. The van der Waals surface area contributed by atoms with Gasteiger partial charge in [0.1, 0.15) is 31.4 Å². The number of para-hydroxylation sites is 1. The fraction of sp³-hybridized carbons (Fsp3) is 0.280. The van der Waals surface area contributed by atoms with Gasteiger partial charge in [-0.15, -0.1) is 0 Å². The predicted molar refractivity (Wildman–Crippen MR) is 117 cm³/mol. The Kier molecular flexibility index (Phi) is 3.45. The van der Waals surface area contributed by atoms with E-state index < -0.39 is 0 Å². The molecule has 1 spiro atoms. The Balaban J connectivity index is 1.35. The second kappa shape index (κ2) is 6.23. The number of hydrogen-bond acceptors (Lipinski definition) is 6. The normalized spacial score (nSPS) is 24.8. The van der Waals surface area contributed by atoms with Crippen LogP contribution in [0, 0.1) is 0 Å². The van der Waals surface area contributed by atoms with Crippen LogP contribution in [0.3, 0.4) is 0 Å². The zero-order valence-electron chi connectivity index (χ0n) is 17.0. The molecule has 154 valence electrons. The van der Waals surface area contributed by atoms with E-state index >= 15 is 0 Å². The Bertz CT molecular complexity index is 1230. The third-order valence-corrected chi connectivity index (χ3v) is 6.78. The molecule has 0 N–H and O–H groups in total. The quantitative estimate of drug-likeness (QED) is 0.611. The first kappa shape index (κ1) is 17.2. The maximum Gasteiger partial charge on any atom is 0.165 e. The number of ether oxygens (including phenoxy) is 3. The third-order valence-electron chi connectivity index (χ3n) is 6.78. The molecule has 4 aliphatic rings. The van der Waals surface area contributed by atoms with E-state index in [1.54, 1.807) is 0 Å². The molecule has 0 radical (unpaired) electrons. The molecule has 3 aromatic rings. The van der Waals surface area contributed by atoms with Gasteiger partial charge in [-0.3, -0.25) is 9.98 Å². The largest absolute Gasteiger partial charge is 0.492 e. The molecule has 0 saturated carbocycles. The fourth-order valence-electron chi connectivity index (χ4n) is 5.43. The molecular weight excluding hydrogens is 390 g/mol. The summed E-state index contributed by atoms with van der Waals surface area (Å²) in [7, 11) is 0. The Morgan fingerprint density at radius 1 is 0.903 bits per heavy atom. The fourth-order valence-corrected chi connectivity index (χ4v) is 5.43. The highest BCUT2D eigenvalue weighted by Crippen LogP contribution is 2.53. The molecule has 2 atom stereocenters. The van der Waals surface area contributed by atoms with Crippen LogP contribution in [-0.4, -0.2) is 37.2 Å². The van der Waals surface area contributed by atoms with E-state index in [0.29, 0.717) is 26.4 Å². The van der Waals surface area contributed by atoms with E-state index in [1.807, 2.05) is 24.4 Å². The van der Waals surface area contributed by atoms with Crippen LogP contribution >= 0.6 is 0 Å². The summed E-state index contributed by atoms with van der Waals surface area (Å²) in [5.41, 5.74) is 4.35. The van der Waals surface area contributed by atoms with Gasteiger partial charge < -0.3 is 19.1 Å². The number of aromatic nitrogens is 1. The van der Waals surface area contributed by atoms with Gasteiger partial charge in [0.15, 0.2) is 11.5 Å². The SMILES string of the molecule is c1ccc(C2CN=C3N2c2ccccc2C32COc3cc4c(cc3C2)OCCO4)nc1. The highest BCUT2D eigenvalue weighted by molar-refractivity contribution is 6.13. The van der Waals surface area contributed by atoms with Gasteiger partial charge in [-0.25, -0.2) is 0 Å². The molecule has 0 amide bonds. The second-order valence-electron chi connectivity index (χ2n) is 8.47. The Morgan fingerprint density at radius 2 is 1.74 bits per heavy atom. The minimum Gasteiger partial charge on any atom is -0.492 e. The van der Waals surface area contributed by atoms with E-state index in [1.165, 1.54) is 11.3 Å². The number of hydrogen-bond donors (Lipinski definition) is 0. The van der Waals surface area contributed by atoms with Crippen molar-refractivity contribution >= 4 is 11.5 Å². The number of nitrogens with zero attached hydrogens (tertiary/aromatic N) is 3. The lowest BCUT2D eigenvalue weighted by molar-refractivity contribution is 0.167. The number of fused-ring (bicyclic) bond motifs is 7. The van der Waals surface area contributed by atoms with Gasteiger partial charge >= 0.3 is 0 Å². The van der Waals surface area contributed by atoms with Crippen LogP contribution in [0.5, 0.6) is 17.2 Å². The van der Waals surface area contributed by atoms with Crippen LogP contribution in [0.4, 0.5) is 5.69 Å². The van der Waals surface area contributed by atoms with Crippen LogP contribution in [0.1, 0.15) is 22.9 Å². The summed E-state index contributed by atoms with van der Waals surface area (Å²) in [6.07, 6.45) is 2.68. The number of pyridine rings is 1. The van der Waals surface area contributed by atoms with E-state index in [9.17, 15) is 0 Å². The molecule has 0 fully saturated rings. The summed E-state index contributed by atoms with van der Waals surface area (Å²) < 4.78 is 18.0. The summed E-state index contributed by atoms with van der Waals surface area (Å²) >= 11 is 0. The van der Waals surface area contributed by atoms with Crippen LogP contribution in [0.25, 0.3) is 0 Å². The lowest BCUT2D eigenvalue weighted by atomic mass is 9.75. The summed E-state index contributed by atoms with van der Waals surface area (Å²) in [5.74, 6) is 3.53. The lowest BCUT2D eigenvalue weighted by Gasteiger charge is -2.36. The van der Waals surface area contributed by atoms with Crippen molar-refractivity contribution in [2.75, 3.05) is 31.3 Å². The molecular formula is C25H21N3O3. The molecule has 31 heavy (non-hydrogen) atoms. The Morgan fingerprint density at radius 3 is 2.61 bits per heavy atom. The third kappa shape index (κ3) is 2.33. The van der Waals surface area contributed by atoms with Gasteiger partial charge in [0.2, 0.25) is 0 Å². The number of benzene rings is 2. The van der Waals surface area contributed by atoms with Crippen LogP contribution < -0.4 is 19.1 Å². The van der Waals surface area contributed by atoms with Crippen molar-refractivity contribution in [3.8, 4) is 17.2 Å². The molecule has 0 bridgehead atoms. The van der Waals surface area contributed by atoms with E-state index in [-0.39, 0.29) is 11.5 Å². The summed E-state index contributed by atoms with van der Waals surface area (Å²) in [6, 6.07) is 18.9. The molecule has 4 aliphatic heterocycles. The first-order valence-electron chi connectivity index (χ1n) is 10.7. The van der Waals surface area contributed by atoms with Crippen LogP contribution in [0.2, 0.25) is 0 Å². The molecule has 2 aromatic carbocycles. The van der Waals surface area contributed by atoms with Crippen molar-refractivity contribution in [2.45, 2.75) is 17.9 Å². The zero-order chi connectivity index (χ0) is 20.4.